The predicted octanol–water partition coefficient (Wildman–Crippen LogP) is 3.74. The average molecular weight is 495 g/mol. The van der Waals surface area contributed by atoms with Crippen LogP contribution in [-0.4, -0.2) is 61.1 Å². The van der Waals surface area contributed by atoms with Gasteiger partial charge in [-0.1, -0.05) is 91.0 Å². The lowest BCUT2D eigenvalue weighted by Gasteiger charge is -2.37. The van der Waals surface area contributed by atoms with Crippen molar-refractivity contribution in [3.05, 3.63) is 108 Å². The lowest BCUT2D eigenvalue weighted by Crippen LogP contribution is -2.51. The summed E-state index contributed by atoms with van der Waals surface area (Å²) in [4.78, 5) is 17.9. The van der Waals surface area contributed by atoms with Crippen LogP contribution in [0, 0.1) is 0 Å². The molecule has 0 aliphatic carbocycles. The van der Waals surface area contributed by atoms with Crippen molar-refractivity contribution in [2.45, 2.75) is 31.0 Å². The Labute approximate surface area is 206 Å². The Kier molecular flexibility index (Phi) is 7.97. The molecule has 1 aliphatic rings. The van der Waals surface area contributed by atoms with Crippen LogP contribution in [0.3, 0.4) is 0 Å². The van der Waals surface area contributed by atoms with Gasteiger partial charge in [-0.05, 0) is 23.1 Å². The summed E-state index contributed by atoms with van der Waals surface area (Å²) in [6, 6.07) is 29.3. The molecule has 0 radical (unpaired) electrons. The van der Waals surface area contributed by atoms with E-state index in [2.05, 4.69) is 0 Å². The van der Waals surface area contributed by atoms with Gasteiger partial charge in [0.1, 0.15) is 0 Å². The smallest absolute Gasteiger partial charge is 0.329 e. The fourth-order valence-corrected chi connectivity index (χ4v) is 5.23. The Morgan fingerprint density at radius 1 is 0.971 bits per heavy atom. The zero-order valence-electron chi connectivity index (χ0n) is 19.6. The number of hydrogen-bond donors (Lipinski definition) is 1. The highest BCUT2D eigenvalue weighted by Gasteiger charge is 2.37. The van der Waals surface area contributed by atoms with Crippen LogP contribution in [-0.2, 0) is 25.8 Å². The summed E-state index contributed by atoms with van der Waals surface area (Å²) in [6.07, 6.45) is 0.0203. The molecule has 3 aromatic carbocycles. The molecule has 7 nitrogen and oxygen atoms in total. The summed E-state index contributed by atoms with van der Waals surface area (Å²) in [5.74, 6) is -0.532. The molecule has 35 heavy (non-hydrogen) atoms. The van der Waals surface area contributed by atoms with E-state index < -0.39 is 22.4 Å². The quantitative estimate of drug-likeness (QED) is 0.456. The first kappa shape index (κ1) is 25.1. The fourth-order valence-electron chi connectivity index (χ4n) is 4.73. The summed E-state index contributed by atoms with van der Waals surface area (Å²) in [5, 5.41) is 0. The molecule has 0 spiro atoms. The Morgan fingerprint density at radius 3 is 2.00 bits per heavy atom. The van der Waals surface area contributed by atoms with Gasteiger partial charge in [-0.3, -0.25) is 14.2 Å². The van der Waals surface area contributed by atoms with Crippen molar-refractivity contribution in [3.63, 3.8) is 0 Å². The van der Waals surface area contributed by atoms with Crippen molar-refractivity contribution in [2.75, 3.05) is 20.1 Å². The van der Waals surface area contributed by atoms with E-state index in [1.165, 1.54) is 0 Å². The third-order valence-electron chi connectivity index (χ3n) is 6.42. The molecule has 0 bridgehead atoms. The molecule has 2 atom stereocenters. The van der Waals surface area contributed by atoms with Gasteiger partial charge in [0, 0.05) is 26.6 Å². The van der Waals surface area contributed by atoms with E-state index in [0.717, 1.165) is 16.7 Å². The number of likely N-dealkylation sites (tertiary alicyclic amines) is 1. The third kappa shape index (κ3) is 6.55. The van der Waals surface area contributed by atoms with Gasteiger partial charge in [-0.2, -0.15) is 8.42 Å². The van der Waals surface area contributed by atoms with Gasteiger partial charge in [0.2, 0.25) is 5.91 Å². The predicted molar refractivity (Wildman–Crippen MR) is 134 cm³/mol. The molecule has 1 saturated heterocycles. The molecule has 4 rings (SSSR count). The number of benzene rings is 3. The van der Waals surface area contributed by atoms with Crippen LogP contribution in [0.4, 0.5) is 0 Å². The number of likely N-dealkylation sites (N-methyl/N-ethyl adjacent to an activating group) is 1. The molecule has 1 aliphatic heterocycles. The van der Waals surface area contributed by atoms with E-state index in [1.807, 2.05) is 95.9 Å². The highest BCUT2D eigenvalue weighted by atomic mass is 32.3. The van der Waals surface area contributed by atoms with Gasteiger partial charge >= 0.3 is 10.4 Å². The summed E-state index contributed by atoms with van der Waals surface area (Å²) in [5.41, 5.74) is 2.87. The molecule has 1 unspecified atom stereocenters. The largest absolute Gasteiger partial charge is 0.397 e. The van der Waals surface area contributed by atoms with Crippen LogP contribution < -0.4 is 0 Å². The molecular weight excluding hydrogens is 464 g/mol. The Hall–Kier alpha value is -3.04. The summed E-state index contributed by atoms with van der Waals surface area (Å²) in [7, 11) is -2.75. The second-order valence-corrected chi connectivity index (χ2v) is 9.85. The normalized spacial score (nSPS) is 17.4. The lowest BCUT2D eigenvalue weighted by molar-refractivity contribution is -0.136. The minimum atomic E-state index is -4.54. The molecule has 1 amide bonds. The molecule has 1 N–H and O–H groups in total. The number of carbonyl (C=O) groups excluding carboxylic acids is 1. The van der Waals surface area contributed by atoms with Crippen molar-refractivity contribution in [3.8, 4) is 0 Å². The average Bonchev–Trinajstić information content (AvgIpc) is 3.30. The van der Waals surface area contributed by atoms with E-state index in [4.69, 9.17) is 8.74 Å². The summed E-state index contributed by atoms with van der Waals surface area (Å²) in [6.45, 7) is 0.826. The summed E-state index contributed by atoms with van der Waals surface area (Å²) >= 11 is 0. The fraction of sp³-hybridized carbons (Fsp3) is 0.296. The SMILES string of the molecule is CN(C(=O)C(c1ccccc1)c1ccccc1)C(Cc1ccccc1)N1CC[C@H](OS(=O)(=O)O)C1. The van der Waals surface area contributed by atoms with Gasteiger partial charge in [0.05, 0.1) is 18.2 Å². The van der Waals surface area contributed by atoms with Crippen molar-refractivity contribution >= 4 is 16.3 Å². The van der Waals surface area contributed by atoms with Crippen LogP contribution in [0.25, 0.3) is 0 Å². The topological polar surface area (TPSA) is 87.2 Å². The molecule has 8 heteroatoms. The van der Waals surface area contributed by atoms with Crippen molar-refractivity contribution in [1.29, 1.82) is 0 Å². The highest BCUT2D eigenvalue weighted by molar-refractivity contribution is 7.80. The third-order valence-corrected chi connectivity index (χ3v) is 6.94. The Balaban J connectivity index is 1.64. The molecule has 0 saturated carbocycles. The van der Waals surface area contributed by atoms with Crippen LogP contribution >= 0.6 is 0 Å². The van der Waals surface area contributed by atoms with Crippen LogP contribution in [0.5, 0.6) is 0 Å². The van der Waals surface area contributed by atoms with Gasteiger partial charge in [0.15, 0.2) is 0 Å². The minimum absolute atomic E-state index is 0.0533. The first-order chi connectivity index (χ1) is 16.8. The van der Waals surface area contributed by atoms with Crippen LogP contribution in [0.2, 0.25) is 0 Å². The van der Waals surface area contributed by atoms with Crippen LogP contribution in [0.15, 0.2) is 91.0 Å². The maximum absolute atomic E-state index is 14.1. The summed E-state index contributed by atoms with van der Waals surface area (Å²) < 4.78 is 36.5. The Bertz CT molecular complexity index is 1170. The van der Waals surface area contributed by atoms with Crippen molar-refractivity contribution in [2.24, 2.45) is 0 Å². The van der Waals surface area contributed by atoms with E-state index in [-0.39, 0.29) is 18.6 Å². The highest BCUT2D eigenvalue weighted by Crippen LogP contribution is 2.29. The van der Waals surface area contributed by atoms with Crippen LogP contribution in [0.1, 0.15) is 29.0 Å². The molecule has 1 fully saturated rings. The standard InChI is InChI=1S/C27H30N2O5S/c1-28(27(30)26(22-13-7-3-8-14-22)23-15-9-4-10-16-23)25(19-21-11-5-2-6-12-21)29-18-17-24(20-29)34-35(31,32)33/h2-16,24-26H,17-20H2,1H3,(H,31,32,33)/t24-,25?/m0/s1. The molecule has 0 aromatic heterocycles. The van der Waals surface area contributed by atoms with E-state index >= 15 is 0 Å². The van der Waals surface area contributed by atoms with E-state index in [9.17, 15) is 13.2 Å². The maximum atomic E-state index is 14.1. The molecular formula is C27H30N2O5S. The van der Waals surface area contributed by atoms with Crippen molar-refractivity contribution < 1.29 is 21.9 Å². The second kappa shape index (κ2) is 11.1. The van der Waals surface area contributed by atoms with E-state index in [1.54, 1.807) is 11.9 Å². The number of rotatable bonds is 9. The first-order valence-electron chi connectivity index (χ1n) is 11.6. The number of nitrogens with zero attached hydrogens (tertiary/aromatic N) is 2. The van der Waals surface area contributed by atoms with Gasteiger partial charge in [-0.25, -0.2) is 4.18 Å². The number of carbonyl (C=O) groups is 1. The zero-order valence-corrected chi connectivity index (χ0v) is 20.4. The Morgan fingerprint density at radius 2 is 1.49 bits per heavy atom. The molecule has 1 heterocycles. The van der Waals surface area contributed by atoms with Gasteiger partial charge < -0.3 is 4.90 Å². The van der Waals surface area contributed by atoms with Crippen molar-refractivity contribution in [1.82, 2.24) is 9.80 Å². The van der Waals surface area contributed by atoms with Gasteiger partial charge in [0.25, 0.3) is 0 Å². The number of hydrogen-bond acceptors (Lipinski definition) is 5. The van der Waals surface area contributed by atoms with Gasteiger partial charge in [-0.15, -0.1) is 0 Å². The molecule has 3 aromatic rings. The van der Waals surface area contributed by atoms with E-state index in [0.29, 0.717) is 19.4 Å². The second-order valence-electron chi connectivity index (χ2n) is 8.80. The first-order valence-corrected chi connectivity index (χ1v) is 13.0. The lowest BCUT2D eigenvalue weighted by atomic mass is 9.89. The maximum Gasteiger partial charge on any atom is 0.397 e. The molecule has 184 valence electrons. The minimum Gasteiger partial charge on any atom is -0.329 e. The monoisotopic (exact) mass is 494 g/mol. The zero-order chi connectivity index (χ0) is 24.8. The number of amides is 1.